The second kappa shape index (κ2) is 10.7. The Balaban J connectivity index is 1.51. The molecule has 10 nitrogen and oxygen atoms in total. The minimum atomic E-state index is -3.73. The Morgan fingerprint density at radius 3 is 2.58 bits per heavy atom. The van der Waals surface area contributed by atoms with Crippen molar-refractivity contribution in [2.45, 2.75) is 43.7 Å². The lowest BCUT2D eigenvalue weighted by Gasteiger charge is -2.25. The van der Waals surface area contributed by atoms with Crippen LogP contribution in [0.25, 0.3) is 0 Å². The zero-order chi connectivity index (χ0) is 26.0. The van der Waals surface area contributed by atoms with Gasteiger partial charge in [0.25, 0.3) is 5.91 Å². The molecule has 1 N–H and O–H groups in total. The lowest BCUT2D eigenvalue weighted by Crippen LogP contribution is -2.34. The van der Waals surface area contributed by atoms with Crippen molar-refractivity contribution in [3.63, 3.8) is 0 Å². The molecule has 36 heavy (non-hydrogen) atoms. The Bertz CT molecular complexity index is 1270. The van der Waals surface area contributed by atoms with Gasteiger partial charge in [-0.15, -0.1) is 11.3 Å². The molecule has 2 aromatic rings. The first-order valence-corrected chi connectivity index (χ1v) is 13.8. The van der Waals surface area contributed by atoms with Crippen LogP contribution in [0.2, 0.25) is 0 Å². The lowest BCUT2D eigenvalue weighted by molar-refractivity contribution is -0.129. The standard InChI is InChI=1S/C24H29N3O7S2/c1-15(28)27-11-10-19-20(14-27)35-23(21(19)24(30)33-3)25-22(29)16-6-8-18(9-7-16)36(31,32)26(2)13-17-5-4-12-34-17/h6-9,17H,4-5,10-14H2,1-3H3,(H,25,29). The Hall–Kier alpha value is -2.80. The molecule has 2 aliphatic heterocycles. The molecule has 1 fully saturated rings. The number of thiophene rings is 1. The topological polar surface area (TPSA) is 122 Å². The number of benzene rings is 1. The number of rotatable bonds is 7. The van der Waals surface area contributed by atoms with Crippen LogP contribution in [0.4, 0.5) is 5.00 Å². The molecule has 2 aliphatic rings. The number of methoxy groups -OCH3 is 1. The van der Waals surface area contributed by atoms with Crippen LogP contribution in [0.5, 0.6) is 0 Å². The molecular weight excluding hydrogens is 506 g/mol. The zero-order valence-corrected chi connectivity index (χ0v) is 22.0. The van der Waals surface area contributed by atoms with Gasteiger partial charge in [0.15, 0.2) is 0 Å². The second-order valence-electron chi connectivity index (χ2n) is 8.79. The van der Waals surface area contributed by atoms with Crippen molar-refractivity contribution in [1.82, 2.24) is 9.21 Å². The second-order valence-corrected chi connectivity index (χ2v) is 11.9. The number of esters is 1. The molecule has 0 aliphatic carbocycles. The van der Waals surface area contributed by atoms with Crippen molar-refractivity contribution >= 4 is 44.1 Å². The number of nitrogens with zero attached hydrogens (tertiary/aromatic N) is 2. The molecule has 194 valence electrons. The van der Waals surface area contributed by atoms with Crippen molar-refractivity contribution in [1.29, 1.82) is 0 Å². The number of fused-ring (bicyclic) bond motifs is 1. The third kappa shape index (κ3) is 5.31. The Morgan fingerprint density at radius 1 is 1.25 bits per heavy atom. The molecule has 1 atom stereocenters. The molecule has 0 radical (unpaired) electrons. The van der Waals surface area contributed by atoms with Crippen LogP contribution < -0.4 is 5.32 Å². The Morgan fingerprint density at radius 2 is 1.97 bits per heavy atom. The smallest absolute Gasteiger partial charge is 0.341 e. The monoisotopic (exact) mass is 535 g/mol. The van der Waals surface area contributed by atoms with Crippen molar-refractivity contribution in [3.05, 3.63) is 45.8 Å². The number of sulfonamides is 1. The van der Waals surface area contributed by atoms with Gasteiger partial charge >= 0.3 is 5.97 Å². The first-order chi connectivity index (χ1) is 17.1. The fourth-order valence-electron chi connectivity index (χ4n) is 4.39. The summed E-state index contributed by atoms with van der Waals surface area (Å²) in [7, 11) is -0.946. The maximum atomic E-state index is 13.0. The molecule has 1 unspecified atom stereocenters. The quantitative estimate of drug-likeness (QED) is 0.541. The maximum Gasteiger partial charge on any atom is 0.341 e. The van der Waals surface area contributed by atoms with E-state index in [0.29, 0.717) is 36.7 Å². The number of amides is 2. The van der Waals surface area contributed by atoms with E-state index in [2.05, 4.69) is 5.32 Å². The lowest BCUT2D eigenvalue weighted by atomic mass is 10.0. The Kier molecular flexibility index (Phi) is 7.79. The summed E-state index contributed by atoms with van der Waals surface area (Å²) in [6, 6.07) is 5.65. The van der Waals surface area contributed by atoms with Crippen LogP contribution in [-0.4, -0.2) is 75.4 Å². The van der Waals surface area contributed by atoms with Gasteiger partial charge < -0.3 is 19.7 Å². The summed E-state index contributed by atoms with van der Waals surface area (Å²) in [5, 5.41) is 3.11. The summed E-state index contributed by atoms with van der Waals surface area (Å²) >= 11 is 1.24. The fraction of sp³-hybridized carbons (Fsp3) is 0.458. The van der Waals surface area contributed by atoms with E-state index in [-0.39, 0.29) is 29.0 Å². The fourth-order valence-corrected chi connectivity index (χ4v) is 6.83. The molecule has 12 heteroatoms. The third-order valence-corrected chi connectivity index (χ3v) is 9.40. The van der Waals surface area contributed by atoms with Crippen LogP contribution in [0.3, 0.4) is 0 Å². The van der Waals surface area contributed by atoms with Gasteiger partial charge in [-0.25, -0.2) is 13.2 Å². The van der Waals surface area contributed by atoms with Crippen LogP contribution in [0.1, 0.15) is 50.9 Å². The van der Waals surface area contributed by atoms with Gasteiger partial charge in [0, 0.05) is 44.1 Å². The molecular formula is C24H29N3O7S2. The molecule has 1 aromatic heterocycles. The molecule has 0 bridgehead atoms. The van der Waals surface area contributed by atoms with Gasteiger partial charge in [0.05, 0.1) is 30.2 Å². The summed E-state index contributed by atoms with van der Waals surface area (Å²) in [5.74, 6) is -1.11. The van der Waals surface area contributed by atoms with E-state index in [9.17, 15) is 22.8 Å². The maximum absolute atomic E-state index is 13.0. The largest absolute Gasteiger partial charge is 0.465 e. The summed E-state index contributed by atoms with van der Waals surface area (Å²) in [5.41, 5.74) is 1.31. The average Bonchev–Trinajstić information content (AvgIpc) is 3.50. The predicted molar refractivity (Wildman–Crippen MR) is 134 cm³/mol. The number of anilines is 1. The highest BCUT2D eigenvalue weighted by Crippen LogP contribution is 2.38. The number of carbonyl (C=O) groups is 3. The van der Waals surface area contributed by atoms with Gasteiger partial charge in [-0.3, -0.25) is 9.59 Å². The van der Waals surface area contributed by atoms with Crippen LogP contribution >= 0.6 is 11.3 Å². The van der Waals surface area contributed by atoms with Gasteiger partial charge in [0.2, 0.25) is 15.9 Å². The average molecular weight is 536 g/mol. The molecule has 2 amide bonds. The first kappa shape index (κ1) is 26.3. The molecule has 3 heterocycles. The predicted octanol–water partition coefficient (Wildman–Crippen LogP) is 2.49. The van der Waals surface area contributed by atoms with E-state index in [4.69, 9.17) is 9.47 Å². The van der Waals surface area contributed by atoms with Crippen LogP contribution in [0, 0.1) is 0 Å². The van der Waals surface area contributed by atoms with E-state index in [1.807, 2.05) is 0 Å². The van der Waals surface area contributed by atoms with E-state index in [0.717, 1.165) is 23.3 Å². The summed E-state index contributed by atoms with van der Waals surface area (Å²) in [4.78, 5) is 39.9. The van der Waals surface area contributed by atoms with E-state index in [1.165, 1.54) is 61.0 Å². The molecule has 1 saturated heterocycles. The van der Waals surface area contributed by atoms with Gasteiger partial charge in [-0.1, -0.05) is 0 Å². The SMILES string of the molecule is COC(=O)c1c(NC(=O)c2ccc(S(=O)(=O)N(C)CC3CCCO3)cc2)sc2c1CCN(C(C)=O)C2. The van der Waals surface area contributed by atoms with Crippen LogP contribution in [-0.2, 0) is 37.3 Å². The van der Waals surface area contributed by atoms with E-state index in [1.54, 1.807) is 4.90 Å². The summed E-state index contributed by atoms with van der Waals surface area (Å²) < 4.78 is 37.6. The molecule has 0 saturated carbocycles. The van der Waals surface area contributed by atoms with Gasteiger partial charge in [-0.05, 0) is 49.1 Å². The number of hydrogen-bond acceptors (Lipinski definition) is 8. The molecule has 4 rings (SSSR count). The summed E-state index contributed by atoms with van der Waals surface area (Å²) in [6.07, 6.45) is 2.11. The highest BCUT2D eigenvalue weighted by molar-refractivity contribution is 7.89. The van der Waals surface area contributed by atoms with E-state index < -0.39 is 21.9 Å². The van der Waals surface area contributed by atoms with Crippen molar-refractivity contribution in [3.8, 4) is 0 Å². The number of hydrogen-bond donors (Lipinski definition) is 1. The number of likely N-dealkylation sites (N-methyl/N-ethyl adjacent to an activating group) is 1. The highest BCUT2D eigenvalue weighted by Gasteiger charge is 2.30. The first-order valence-electron chi connectivity index (χ1n) is 11.6. The van der Waals surface area contributed by atoms with E-state index >= 15 is 0 Å². The van der Waals surface area contributed by atoms with Gasteiger partial charge in [0.1, 0.15) is 5.00 Å². The normalized spacial score (nSPS) is 17.7. The summed E-state index contributed by atoms with van der Waals surface area (Å²) in [6.45, 7) is 3.24. The number of nitrogens with one attached hydrogen (secondary N) is 1. The Labute approximate surface area is 214 Å². The third-order valence-electron chi connectivity index (χ3n) is 6.43. The van der Waals surface area contributed by atoms with Crippen molar-refractivity contribution in [2.24, 2.45) is 0 Å². The minimum Gasteiger partial charge on any atom is -0.465 e. The molecule has 0 spiro atoms. The number of carbonyl (C=O) groups excluding carboxylic acids is 3. The van der Waals surface area contributed by atoms with Crippen molar-refractivity contribution in [2.75, 3.05) is 39.2 Å². The van der Waals surface area contributed by atoms with Gasteiger partial charge in [-0.2, -0.15) is 4.31 Å². The zero-order valence-electron chi connectivity index (χ0n) is 20.4. The minimum absolute atomic E-state index is 0.0595. The molecule has 1 aromatic carbocycles. The number of ether oxygens (including phenoxy) is 2. The highest BCUT2D eigenvalue weighted by atomic mass is 32.2. The van der Waals surface area contributed by atoms with Crippen molar-refractivity contribution < 1.29 is 32.3 Å². The van der Waals surface area contributed by atoms with Crippen LogP contribution in [0.15, 0.2) is 29.2 Å².